The second kappa shape index (κ2) is 5.97. The lowest BCUT2D eigenvalue weighted by Gasteiger charge is -2.39. The Balaban J connectivity index is 2.38. The van der Waals surface area contributed by atoms with E-state index < -0.39 is 12.6 Å². The van der Waals surface area contributed by atoms with Crippen LogP contribution in [0.1, 0.15) is 19.8 Å². The number of carbonyl (C=O) groups excluding carboxylic acids is 1. The lowest BCUT2D eigenvalue weighted by Crippen LogP contribution is -2.50. The fraction of sp³-hybridized carbons (Fsp3) is 0.818. The fourth-order valence-electron chi connectivity index (χ4n) is 1.90. The minimum Gasteiger partial charge on any atom is -0.480 e. The lowest BCUT2D eigenvalue weighted by molar-refractivity contribution is -0.149. The van der Waals surface area contributed by atoms with Crippen molar-refractivity contribution in [2.45, 2.75) is 25.4 Å². The molecule has 0 spiro atoms. The van der Waals surface area contributed by atoms with Gasteiger partial charge in [0.2, 0.25) is 5.91 Å². The van der Waals surface area contributed by atoms with E-state index >= 15 is 0 Å². The number of piperidine rings is 1. The molecule has 1 unspecified atom stereocenters. The first-order valence-electron chi connectivity index (χ1n) is 5.59. The van der Waals surface area contributed by atoms with E-state index in [1.54, 1.807) is 12.0 Å². The largest absolute Gasteiger partial charge is 0.480 e. The van der Waals surface area contributed by atoms with Gasteiger partial charge in [0.15, 0.2) is 0 Å². The average molecular weight is 245 g/mol. The van der Waals surface area contributed by atoms with Crippen molar-refractivity contribution < 1.29 is 24.2 Å². The molecule has 6 nitrogen and oxygen atoms in total. The molecule has 6 heteroatoms. The van der Waals surface area contributed by atoms with Gasteiger partial charge in [0.25, 0.3) is 0 Å². The Morgan fingerprint density at radius 2 is 2.12 bits per heavy atom. The molecule has 1 aliphatic heterocycles. The molecular formula is C11H19NO5. The van der Waals surface area contributed by atoms with Gasteiger partial charge in [-0.15, -0.1) is 0 Å². The van der Waals surface area contributed by atoms with Crippen molar-refractivity contribution in [1.82, 2.24) is 4.90 Å². The minimum absolute atomic E-state index is 0.186. The van der Waals surface area contributed by atoms with Gasteiger partial charge >= 0.3 is 5.97 Å². The Morgan fingerprint density at radius 3 is 2.71 bits per heavy atom. The number of nitrogens with zero attached hydrogens (tertiary/aromatic N) is 1. The van der Waals surface area contributed by atoms with E-state index in [0.29, 0.717) is 13.1 Å². The number of likely N-dealkylation sites (tertiary alicyclic amines) is 1. The number of hydrogen-bond donors (Lipinski definition) is 1. The zero-order valence-corrected chi connectivity index (χ0v) is 10.3. The van der Waals surface area contributed by atoms with Crippen LogP contribution in [0.2, 0.25) is 0 Å². The highest BCUT2D eigenvalue weighted by Gasteiger charge is 2.32. The average Bonchev–Trinajstić information content (AvgIpc) is 2.28. The van der Waals surface area contributed by atoms with Crippen LogP contribution in [0.4, 0.5) is 0 Å². The Kier molecular flexibility index (Phi) is 4.89. The highest BCUT2D eigenvalue weighted by molar-refractivity contribution is 5.78. The summed E-state index contributed by atoms with van der Waals surface area (Å²) in [5.41, 5.74) is -0.305. The Bertz CT molecular complexity index is 294. The first-order valence-corrected chi connectivity index (χ1v) is 5.59. The van der Waals surface area contributed by atoms with Crippen LogP contribution in [0.15, 0.2) is 0 Å². The van der Waals surface area contributed by atoms with Crippen molar-refractivity contribution in [3.63, 3.8) is 0 Å². The molecule has 1 saturated heterocycles. The summed E-state index contributed by atoms with van der Waals surface area (Å²) in [5.74, 6) is -1.26. The van der Waals surface area contributed by atoms with E-state index in [4.69, 9.17) is 14.6 Å². The first-order chi connectivity index (χ1) is 7.97. The number of carbonyl (C=O) groups is 2. The molecule has 1 N–H and O–H groups in total. The molecule has 1 amide bonds. The monoisotopic (exact) mass is 245 g/mol. The third-order valence-electron chi connectivity index (χ3n) is 2.96. The zero-order chi connectivity index (χ0) is 12.9. The van der Waals surface area contributed by atoms with Gasteiger partial charge < -0.3 is 19.5 Å². The van der Waals surface area contributed by atoms with Crippen LogP contribution >= 0.6 is 0 Å². The van der Waals surface area contributed by atoms with Crippen LogP contribution in [0, 0.1) is 0 Å². The molecule has 0 radical (unpaired) electrons. The summed E-state index contributed by atoms with van der Waals surface area (Å²) in [6.07, 6.45) is 1.80. The van der Waals surface area contributed by atoms with Gasteiger partial charge in [-0.05, 0) is 19.8 Å². The normalized spacial score (nSPS) is 24.7. The molecule has 0 bridgehead atoms. The number of carboxylic acid groups (broad SMARTS) is 1. The van der Waals surface area contributed by atoms with Crippen molar-refractivity contribution in [2.24, 2.45) is 0 Å². The number of aliphatic carboxylic acids is 1. The zero-order valence-electron chi connectivity index (χ0n) is 10.3. The second-order valence-electron chi connectivity index (χ2n) is 4.46. The molecule has 98 valence electrons. The molecule has 1 rings (SSSR count). The molecule has 0 saturated carbocycles. The summed E-state index contributed by atoms with van der Waals surface area (Å²) in [4.78, 5) is 23.6. The maximum atomic E-state index is 11.7. The van der Waals surface area contributed by atoms with Crippen molar-refractivity contribution in [2.75, 3.05) is 33.4 Å². The summed E-state index contributed by atoms with van der Waals surface area (Å²) >= 11 is 0. The number of amides is 1. The number of methoxy groups -OCH3 is 1. The van der Waals surface area contributed by atoms with Gasteiger partial charge in [0.1, 0.15) is 13.2 Å². The third-order valence-corrected chi connectivity index (χ3v) is 2.96. The second-order valence-corrected chi connectivity index (χ2v) is 4.46. The van der Waals surface area contributed by atoms with E-state index in [9.17, 15) is 9.59 Å². The summed E-state index contributed by atoms with van der Waals surface area (Å²) in [6, 6.07) is 0. The molecule has 1 atom stereocenters. The SMILES string of the molecule is COC1(C)CCCN(C(=O)COCC(=O)O)C1. The molecule has 1 fully saturated rings. The maximum absolute atomic E-state index is 11.7. The van der Waals surface area contributed by atoms with E-state index in [2.05, 4.69) is 0 Å². The predicted molar refractivity (Wildman–Crippen MR) is 59.7 cm³/mol. The topological polar surface area (TPSA) is 76.1 Å². The van der Waals surface area contributed by atoms with Gasteiger partial charge in [-0.3, -0.25) is 4.79 Å². The highest BCUT2D eigenvalue weighted by atomic mass is 16.5. The predicted octanol–water partition coefficient (Wildman–Crippen LogP) is 0.115. The summed E-state index contributed by atoms with van der Waals surface area (Å²) in [6.45, 7) is 2.53. The van der Waals surface area contributed by atoms with E-state index in [0.717, 1.165) is 12.8 Å². The maximum Gasteiger partial charge on any atom is 0.329 e. The van der Waals surface area contributed by atoms with Crippen LogP contribution in [-0.4, -0.2) is 60.9 Å². The van der Waals surface area contributed by atoms with Crippen LogP contribution in [-0.2, 0) is 19.1 Å². The van der Waals surface area contributed by atoms with Gasteiger partial charge in [-0.2, -0.15) is 0 Å². The Hall–Kier alpha value is -1.14. The van der Waals surface area contributed by atoms with Crippen LogP contribution in [0.3, 0.4) is 0 Å². The molecular weight excluding hydrogens is 226 g/mol. The molecule has 0 aromatic heterocycles. The summed E-state index contributed by atoms with van der Waals surface area (Å²) in [7, 11) is 1.63. The molecule has 0 aromatic carbocycles. The van der Waals surface area contributed by atoms with Gasteiger partial charge in [0.05, 0.1) is 5.60 Å². The van der Waals surface area contributed by atoms with Gasteiger partial charge in [-0.25, -0.2) is 4.79 Å². The Morgan fingerprint density at radius 1 is 1.41 bits per heavy atom. The lowest BCUT2D eigenvalue weighted by atomic mass is 9.95. The quantitative estimate of drug-likeness (QED) is 0.744. The molecule has 17 heavy (non-hydrogen) atoms. The highest BCUT2D eigenvalue weighted by Crippen LogP contribution is 2.23. The molecule has 0 aromatic rings. The van der Waals surface area contributed by atoms with E-state index in [1.807, 2.05) is 6.92 Å². The fourth-order valence-corrected chi connectivity index (χ4v) is 1.90. The van der Waals surface area contributed by atoms with Gasteiger partial charge in [-0.1, -0.05) is 0 Å². The van der Waals surface area contributed by atoms with Crippen molar-refractivity contribution in [3.8, 4) is 0 Å². The summed E-state index contributed by atoms with van der Waals surface area (Å²) in [5, 5.41) is 8.39. The minimum atomic E-state index is -1.07. The standard InChI is InChI=1S/C11H19NO5/c1-11(16-2)4-3-5-12(8-11)9(13)6-17-7-10(14)15/h3-8H2,1-2H3,(H,14,15). The Labute approximate surface area is 100 Å². The van der Waals surface area contributed by atoms with Crippen LogP contribution in [0.5, 0.6) is 0 Å². The molecule has 1 heterocycles. The molecule has 1 aliphatic rings. The first kappa shape index (κ1) is 13.9. The number of rotatable bonds is 5. The number of carboxylic acids is 1. The van der Waals surface area contributed by atoms with Crippen LogP contribution in [0.25, 0.3) is 0 Å². The van der Waals surface area contributed by atoms with E-state index in [1.165, 1.54) is 0 Å². The third kappa shape index (κ3) is 4.32. The van der Waals surface area contributed by atoms with Gasteiger partial charge in [0, 0.05) is 20.2 Å². The smallest absolute Gasteiger partial charge is 0.329 e. The van der Waals surface area contributed by atoms with Crippen molar-refractivity contribution >= 4 is 11.9 Å². The van der Waals surface area contributed by atoms with Crippen molar-refractivity contribution in [3.05, 3.63) is 0 Å². The van der Waals surface area contributed by atoms with E-state index in [-0.39, 0.29) is 18.1 Å². The molecule has 0 aliphatic carbocycles. The number of ether oxygens (including phenoxy) is 2. The number of hydrogen-bond acceptors (Lipinski definition) is 4. The van der Waals surface area contributed by atoms with Crippen LogP contribution < -0.4 is 0 Å². The van der Waals surface area contributed by atoms with Crippen molar-refractivity contribution in [1.29, 1.82) is 0 Å². The summed E-state index contributed by atoms with van der Waals surface area (Å²) < 4.78 is 10.2.